The van der Waals surface area contributed by atoms with Crippen LogP contribution in [0.2, 0.25) is 0 Å². The highest BCUT2D eigenvalue weighted by Gasteiger charge is 2.38. The lowest BCUT2D eigenvalue weighted by Crippen LogP contribution is -2.34. The molecule has 0 atom stereocenters. The first-order valence-electron chi connectivity index (χ1n) is 6.76. The molecule has 0 unspecified atom stereocenters. The minimum Gasteiger partial charge on any atom is -0.399 e. The second-order valence-corrected chi connectivity index (χ2v) is 7.16. The van der Waals surface area contributed by atoms with Crippen LogP contribution in [0.15, 0.2) is 17.0 Å². The predicted octanol–water partition coefficient (Wildman–Crippen LogP) is 2.45. The van der Waals surface area contributed by atoms with Gasteiger partial charge in [-0.1, -0.05) is 6.92 Å². The van der Waals surface area contributed by atoms with Gasteiger partial charge < -0.3 is 5.73 Å². The van der Waals surface area contributed by atoms with Crippen molar-refractivity contribution in [2.45, 2.75) is 51.0 Å². The third kappa shape index (κ3) is 2.77. The first kappa shape index (κ1) is 14.3. The van der Waals surface area contributed by atoms with Crippen molar-refractivity contribution in [3.63, 3.8) is 0 Å². The van der Waals surface area contributed by atoms with E-state index in [2.05, 4.69) is 0 Å². The Morgan fingerprint density at radius 3 is 2.21 bits per heavy atom. The van der Waals surface area contributed by atoms with Crippen molar-refractivity contribution in [2.24, 2.45) is 0 Å². The normalized spacial score (nSPS) is 16.0. The van der Waals surface area contributed by atoms with Gasteiger partial charge in [0.15, 0.2) is 0 Å². The first-order chi connectivity index (χ1) is 8.87. The van der Waals surface area contributed by atoms with Crippen molar-refractivity contribution in [3.8, 4) is 0 Å². The number of hydrogen-bond acceptors (Lipinski definition) is 3. The monoisotopic (exact) mass is 282 g/mol. The largest absolute Gasteiger partial charge is 0.399 e. The van der Waals surface area contributed by atoms with Crippen LogP contribution in [-0.2, 0) is 10.0 Å². The lowest BCUT2D eigenvalue weighted by molar-refractivity contribution is 0.402. The lowest BCUT2D eigenvalue weighted by atomic mass is 10.1. The lowest BCUT2D eigenvalue weighted by Gasteiger charge is -2.23. The van der Waals surface area contributed by atoms with E-state index in [9.17, 15) is 8.42 Å². The van der Waals surface area contributed by atoms with E-state index >= 15 is 0 Å². The van der Waals surface area contributed by atoms with Crippen LogP contribution >= 0.6 is 0 Å². The summed E-state index contributed by atoms with van der Waals surface area (Å²) in [5.74, 6) is 0. The minimum absolute atomic E-state index is 0.196. The van der Waals surface area contributed by atoms with Crippen molar-refractivity contribution in [2.75, 3.05) is 12.3 Å². The second-order valence-electron chi connectivity index (χ2n) is 5.33. The van der Waals surface area contributed by atoms with Gasteiger partial charge >= 0.3 is 0 Å². The summed E-state index contributed by atoms with van der Waals surface area (Å²) in [6.45, 7) is 6.23. The van der Waals surface area contributed by atoms with Crippen LogP contribution in [-0.4, -0.2) is 25.3 Å². The van der Waals surface area contributed by atoms with Gasteiger partial charge in [-0.3, -0.25) is 0 Å². The summed E-state index contributed by atoms with van der Waals surface area (Å²) in [4.78, 5) is 0.432. The minimum atomic E-state index is -3.40. The van der Waals surface area contributed by atoms with E-state index in [1.165, 1.54) is 0 Å². The molecule has 0 amide bonds. The number of aryl methyl sites for hydroxylation is 2. The van der Waals surface area contributed by atoms with E-state index in [0.717, 1.165) is 30.4 Å². The molecule has 4 nitrogen and oxygen atoms in total. The third-order valence-corrected chi connectivity index (χ3v) is 5.71. The number of nitrogen functional groups attached to an aromatic ring is 1. The van der Waals surface area contributed by atoms with E-state index in [1.807, 2.05) is 20.8 Å². The van der Waals surface area contributed by atoms with Crippen molar-refractivity contribution in [1.29, 1.82) is 0 Å². The molecule has 1 aliphatic carbocycles. The number of hydrogen-bond donors (Lipinski definition) is 1. The fraction of sp³-hybridized carbons (Fsp3) is 0.571. The average Bonchev–Trinajstić information content (AvgIpc) is 3.07. The molecule has 1 saturated carbocycles. The van der Waals surface area contributed by atoms with Crippen molar-refractivity contribution >= 4 is 15.7 Å². The average molecular weight is 282 g/mol. The Morgan fingerprint density at radius 1 is 1.26 bits per heavy atom. The molecular formula is C14H22N2O2S. The third-order valence-electron chi connectivity index (χ3n) is 3.45. The van der Waals surface area contributed by atoms with E-state index in [4.69, 9.17) is 5.73 Å². The van der Waals surface area contributed by atoms with Crippen molar-refractivity contribution in [1.82, 2.24) is 4.31 Å². The van der Waals surface area contributed by atoms with Gasteiger partial charge in [0.1, 0.15) is 0 Å². The number of nitrogens with zero attached hydrogens (tertiary/aromatic N) is 1. The fourth-order valence-corrected chi connectivity index (χ4v) is 4.78. The van der Waals surface area contributed by atoms with E-state index < -0.39 is 10.0 Å². The highest BCUT2D eigenvalue weighted by molar-refractivity contribution is 7.89. The molecule has 1 aromatic carbocycles. The van der Waals surface area contributed by atoms with Crippen LogP contribution in [0.5, 0.6) is 0 Å². The highest BCUT2D eigenvalue weighted by Crippen LogP contribution is 2.34. The summed E-state index contributed by atoms with van der Waals surface area (Å²) in [7, 11) is -3.40. The molecule has 0 spiro atoms. The quantitative estimate of drug-likeness (QED) is 0.844. The molecule has 0 aromatic heterocycles. The van der Waals surface area contributed by atoms with Crippen LogP contribution in [0.1, 0.15) is 37.3 Å². The Morgan fingerprint density at radius 2 is 1.79 bits per heavy atom. The van der Waals surface area contributed by atoms with Crippen LogP contribution in [0.4, 0.5) is 5.69 Å². The molecule has 2 N–H and O–H groups in total. The Balaban J connectivity index is 2.49. The molecule has 0 aliphatic heterocycles. The molecule has 5 heteroatoms. The van der Waals surface area contributed by atoms with Gasteiger partial charge in [0.05, 0.1) is 4.90 Å². The fourth-order valence-electron chi connectivity index (χ4n) is 2.59. The van der Waals surface area contributed by atoms with E-state index in [0.29, 0.717) is 17.1 Å². The molecule has 0 heterocycles. The maximum atomic E-state index is 12.8. The maximum Gasteiger partial charge on any atom is 0.243 e. The molecule has 2 rings (SSSR count). The van der Waals surface area contributed by atoms with Gasteiger partial charge in [0.25, 0.3) is 0 Å². The number of benzene rings is 1. The molecule has 1 aromatic rings. The van der Waals surface area contributed by atoms with Crippen LogP contribution in [0.3, 0.4) is 0 Å². The molecule has 0 bridgehead atoms. The zero-order chi connectivity index (χ0) is 14.2. The molecule has 1 fully saturated rings. The van der Waals surface area contributed by atoms with Gasteiger partial charge in [-0.25, -0.2) is 8.42 Å². The molecule has 1 aliphatic rings. The summed E-state index contributed by atoms with van der Waals surface area (Å²) in [6.07, 6.45) is 2.79. The van der Waals surface area contributed by atoms with Gasteiger partial charge in [0.2, 0.25) is 10.0 Å². The Bertz CT molecular complexity index is 554. The summed E-state index contributed by atoms with van der Waals surface area (Å²) >= 11 is 0. The van der Waals surface area contributed by atoms with Crippen LogP contribution < -0.4 is 5.73 Å². The highest BCUT2D eigenvalue weighted by atomic mass is 32.2. The summed E-state index contributed by atoms with van der Waals surface area (Å²) in [6, 6.07) is 3.66. The first-order valence-corrected chi connectivity index (χ1v) is 8.20. The van der Waals surface area contributed by atoms with Crippen LogP contribution in [0.25, 0.3) is 0 Å². The zero-order valence-corrected chi connectivity index (χ0v) is 12.6. The number of nitrogens with two attached hydrogens (primary N) is 1. The molecule has 0 saturated heterocycles. The topological polar surface area (TPSA) is 63.4 Å². The molecule has 19 heavy (non-hydrogen) atoms. The van der Waals surface area contributed by atoms with Crippen molar-refractivity contribution in [3.05, 3.63) is 23.3 Å². The predicted molar refractivity (Wildman–Crippen MR) is 77.5 cm³/mol. The molecule has 0 radical (unpaired) electrons. The summed E-state index contributed by atoms with van der Waals surface area (Å²) in [5.41, 5.74) is 7.85. The van der Waals surface area contributed by atoms with E-state index in [1.54, 1.807) is 16.4 Å². The Labute approximate surface area is 115 Å². The second kappa shape index (κ2) is 5.13. The standard InChI is InChI=1S/C14H22N2O2S/c1-4-7-16(13-5-6-13)19(17,18)14-10(2)8-12(15)9-11(14)3/h8-9,13H,4-7,15H2,1-3H3. The van der Waals surface area contributed by atoms with Gasteiger partial charge in [-0.15, -0.1) is 0 Å². The SMILES string of the molecule is CCCN(C1CC1)S(=O)(=O)c1c(C)cc(N)cc1C. The summed E-state index contributed by atoms with van der Waals surface area (Å²) in [5, 5.41) is 0. The van der Waals surface area contributed by atoms with Crippen molar-refractivity contribution < 1.29 is 8.42 Å². The maximum absolute atomic E-state index is 12.8. The van der Waals surface area contributed by atoms with Gasteiger partial charge in [0, 0.05) is 18.3 Å². The number of rotatable bonds is 5. The molecular weight excluding hydrogens is 260 g/mol. The number of sulfonamides is 1. The zero-order valence-electron chi connectivity index (χ0n) is 11.8. The molecule has 106 valence electrons. The van der Waals surface area contributed by atoms with Gasteiger partial charge in [-0.2, -0.15) is 4.31 Å². The summed E-state index contributed by atoms with van der Waals surface area (Å²) < 4.78 is 27.3. The van der Waals surface area contributed by atoms with E-state index in [-0.39, 0.29) is 6.04 Å². The van der Waals surface area contributed by atoms with Crippen LogP contribution in [0, 0.1) is 13.8 Å². The number of anilines is 1. The van der Waals surface area contributed by atoms with Gasteiger partial charge in [-0.05, 0) is 56.4 Å². The smallest absolute Gasteiger partial charge is 0.243 e. The Hall–Kier alpha value is -1.07. The Kier molecular flexibility index (Phi) is 3.87.